The highest BCUT2D eigenvalue weighted by Gasteiger charge is 2.67. The number of halogens is 2. The molecule has 22 heavy (non-hydrogen) atoms. The van der Waals surface area contributed by atoms with Gasteiger partial charge in [-0.15, -0.1) is 5.10 Å². The molecule has 3 rings (SSSR count). The maximum atomic E-state index is 13.3. The van der Waals surface area contributed by atoms with Crippen LogP contribution in [0.5, 0.6) is 0 Å². The van der Waals surface area contributed by atoms with Crippen molar-refractivity contribution in [2.24, 2.45) is 5.41 Å². The summed E-state index contributed by atoms with van der Waals surface area (Å²) in [5.74, 6) is -2.08. The van der Waals surface area contributed by atoms with Gasteiger partial charge in [0.05, 0.1) is 5.69 Å². The van der Waals surface area contributed by atoms with E-state index in [1.54, 1.807) is 11.6 Å². The minimum absolute atomic E-state index is 0.106. The Hall–Kier alpha value is -1.86. The van der Waals surface area contributed by atoms with Crippen LogP contribution in [0.3, 0.4) is 0 Å². The van der Waals surface area contributed by atoms with E-state index in [4.69, 9.17) is 4.52 Å². The Labute approximate surface area is 126 Å². The summed E-state index contributed by atoms with van der Waals surface area (Å²) >= 11 is 0. The quantitative estimate of drug-likeness (QED) is 0.820. The average Bonchev–Trinajstić information content (AvgIpc) is 2.85. The van der Waals surface area contributed by atoms with Crippen LogP contribution < -0.4 is 0 Å². The van der Waals surface area contributed by atoms with Crippen LogP contribution in [0.2, 0.25) is 0 Å². The molecule has 1 aliphatic carbocycles. The van der Waals surface area contributed by atoms with Crippen molar-refractivity contribution < 1.29 is 13.3 Å². The Balaban J connectivity index is 1.84. The lowest BCUT2D eigenvalue weighted by atomic mass is 10.0. The van der Waals surface area contributed by atoms with Gasteiger partial charge in [-0.2, -0.15) is 4.98 Å². The summed E-state index contributed by atoms with van der Waals surface area (Å²) in [4.78, 5) is 4.24. The van der Waals surface area contributed by atoms with Crippen molar-refractivity contribution >= 4 is 0 Å². The van der Waals surface area contributed by atoms with Gasteiger partial charge in [-0.05, 0) is 13.3 Å². The van der Waals surface area contributed by atoms with Crippen molar-refractivity contribution in [3.63, 3.8) is 0 Å². The van der Waals surface area contributed by atoms with E-state index in [1.165, 1.54) is 0 Å². The molecule has 120 valence electrons. The zero-order valence-corrected chi connectivity index (χ0v) is 12.9. The molecule has 6 nitrogen and oxygen atoms in total. The minimum Gasteiger partial charge on any atom is -0.332 e. The predicted molar refractivity (Wildman–Crippen MR) is 74.4 cm³/mol. The lowest BCUT2D eigenvalue weighted by Gasteiger charge is -2.05. The standard InChI is InChI=1S/C14H19F2N5O/c1-4-6-9-11(18-20-21(9)5-2)12-17-10(19-22-12)7-13(3)8-14(13,15)16/h4-8H2,1-3H3. The molecule has 2 aromatic heterocycles. The Morgan fingerprint density at radius 3 is 2.64 bits per heavy atom. The fourth-order valence-corrected chi connectivity index (χ4v) is 2.65. The third kappa shape index (κ3) is 2.40. The fraction of sp³-hybridized carbons (Fsp3) is 0.714. The summed E-state index contributed by atoms with van der Waals surface area (Å²) in [6, 6.07) is 0. The molecule has 2 aromatic rings. The Kier molecular flexibility index (Phi) is 3.49. The number of aryl methyl sites for hydroxylation is 1. The molecular weight excluding hydrogens is 292 g/mol. The monoisotopic (exact) mass is 311 g/mol. The van der Waals surface area contributed by atoms with Gasteiger partial charge < -0.3 is 4.52 Å². The molecule has 1 fully saturated rings. The third-order valence-electron chi connectivity index (χ3n) is 4.21. The van der Waals surface area contributed by atoms with Crippen molar-refractivity contribution in [3.05, 3.63) is 11.5 Å². The van der Waals surface area contributed by atoms with Gasteiger partial charge in [-0.25, -0.2) is 13.5 Å². The Bertz CT molecular complexity index is 681. The molecule has 0 amide bonds. The molecule has 8 heteroatoms. The highest BCUT2D eigenvalue weighted by Crippen LogP contribution is 2.61. The van der Waals surface area contributed by atoms with Gasteiger partial charge in [0.15, 0.2) is 11.5 Å². The van der Waals surface area contributed by atoms with E-state index >= 15 is 0 Å². The van der Waals surface area contributed by atoms with Gasteiger partial charge in [-0.3, -0.25) is 0 Å². The first kappa shape index (κ1) is 15.1. The van der Waals surface area contributed by atoms with Crippen LogP contribution in [0.15, 0.2) is 4.52 Å². The second-order valence-electron chi connectivity index (χ2n) is 6.08. The summed E-state index contributed by atoms with van der Waals surface area (Å²) < 4.78 is 33.6. The maximum absolute atomic E-state index is 13.3. The first-order valence-corrected chi connectivity index (χ1v) is 7.53. The number of nitrogens with zero attached hydrogens (tertiary/aromatic N) is 5. The lowest BCUT2D eigenvalue weighted by Crippen LogP contribution is -2.11. The molecule has 0 bridgehead atoms. The highest BCUT2D eigenvalue weighted by molar-refractivity contribution is 5.49. The SMILES string of the molecule is CCCc1c(-c2nc(CC3(C)CC3(F)F)no2)nnn1CC. The van der Waals surface area contributed by atoms with Crippen molar-refractivity contribution in [1.29, 1.82) is 0 Å². The minimum atomic E-state index is -2.63. The molecule has 1 aliphatic rings. The van der Waals surface area contributed by atoms with Crippen molar-refractivity contribution in [2.45, 2.75) is 58.9 Å². The van der Waals surface area contributed by atoms with Crippen LogP contribution in [0.1, 0.15) is 45.1 Å². The Morgan fingerprint density at radius 1 is 1.32 bits per heavy atom. The maximum Gasteiger partial charge on any atom is 0.280 e. The van der Waals surface area contributed by atoms with Crippen LogP contribution in [-0.2, 0) is 19.4 Å². The van der Waals surface area contributed by atoms with Crippen molar-refractivity contribution in [3.8, 4) is 11.6 Å². The van der Waals surface area contributed by atoms with Crippen molar-refractivity contribution in [2.75, 3.05) is 0 Å². The zero-order chi connectivity index (χ0) is 16.0. The molecule has 1 atom stereocenters. The normalized spacial score (nSPS) is 23.0. The van der Waals surface area contributed by atoms with Crippen LogP contribution in [-0.4, -0.2) is 31.1 Å². The molecule has 1 saturated carbocycles. The van der Waals surface area contributed by atoms with Gasteiger partial charge in [0.25, 0.3) is 11.8 Å². The van der Waals surface area contributed by atoms with E-state index in [0.29, 0.717) is 18.1 Å². The number of rotatable bonds is 6. The van der Waals surface area contributed by atoms with Gasteiger partial charge in [0, 0.05) is 24.8 Å². The smallest absolute Gasteiger partial charge is 0.280 e. The van der Waals surface area contributed by atoms with Crippen molar-refractivity contribution in [1.82, 2.24) is 25.1 Å². The highest BCUT2D eigenvalue weighted by atomic mass is 19.3. The zero-order valence-electron chi connectivity index (χ0n) is 12.9. The molecule has 2 heterocycles. The van der Waals surface area contributed by atoms with Gasteiger partial charge >= 0.3 is 0 Å². The van der Waals surface area contributed by atoms with Gasteiger partial charge in [0.1, 0.15) is 0 Å². The average molecular weight is 311 g/mol. The molecule has 0 radical (unpaired) electrons. The van der Waals surface area contributed by atoms with Gasteiger partial charge in [-0.1, -0.05) is 30.6 Å². The van der Waals surface area contributed by atoms with E-state index in [-0.39, 0.29) is 18.7 Å². The summed E-state index contributed by atoms with van der Waals surface area (Å²) in [5.41, 5.74) is 0.430. The largest absolute Gasteiger partial charge is 0.332 e. The molecule has 0 aromatic carbocycles. The molecular formula is C14H19F2N5O. The first-order valence-electron chi connectivity index (χ1n) is 7.53. The fourth-order valence-electron chi connectivity index (χ4n) is 2.65. The lowest BCUT2D eigenvalue weighted by molar-refractivity contribution is 0.0692. The van der Waals surface area contributed by atoms with E-state index in [2.05, 4.69) is 27.4 Å². The predicted octanol–water partition coefficient (Wildman–Crippen LogP) is 2.89. The molecule has 0 saturated heterocycles. The second kappa shape index (κ2) is 5.10. The molecule has 0 N–H and O–H groups in total. The number of hydrogen-bond acceptors (Lipinski definition) is 5. The van der Waals surface area contributed by atoms with Crippen LogP contribution in [0.4, 0.5) is 8.78 Å². The molecule has 1 unspecified atom stereocenters. The van der Waals surface area contributed by atoms with Crippen LogP contribution in [0.25, 0.3) is 11.6 Å². The third-order valence-corrected chi connectivity index (χ3v) is 4.21. The summed E-state index contributed by atoms with van der Waals surface area (Å²) in [5, 5.41) is 12.0. The van der Waals surface area contributed by atoms with Crippen LogP contribution in [0, 0.1) is 5.41 Å². The summed E-state index contributed by atoms with van der Waals surface area (Å²) in [7, 11) is 0. The summed E-state index contributed by atoms with van der Waals surface area (Å²) in [6.45, 7) is 6.28. The first-order chi connectivity index (χ1) is 10.4. The van der Waals surface area contributed by atoms with E-state index < -0.39 is 11.3 Å². The topological polar surface area (TPSA) is 69.6 Å². The second-order valence-corrected chi connectivity index (χ2v) is 6.08. The van der Waals surface area contributed by atoms with E-state index in [9.17, 15) is 8.78 Å². The van der Waals surface area contributed by atoms with Gasteiger partial charge in [0.2, 0.25) is 0 Å². The van der Waals surface area contributed by atoms with E-state index in [1.807, 2.05) is 6.92 Å². The van der Waals surface area contributed by atoms with Crippen LogP contribution >= 0.6 is 0 Å². The van der Waals surface area contributed by atoms with E-state index in [0.717, 1.165) is 18.5 Å². The molecule has 0 spiro atoms. The number of alkyl halides is 2. The number of aromatic nitrogens is 5. The molecule has 0 aliphatic heterocycles. The Morgan fingerprint density at radius 2 is 2.05 bits per heavy atom. The number of hydrogen-bond donors (Lipinski definition) is 0. The summed E-state index contributed by atoms with van der Waals surface area (Å²) in [6.07, 6.45) is 1.71.